The van der Waals surface area contributed by atoms with E-state index >= 15 is 0 Å². The Labute approximate surface area is 133 Å². The summed E-state index contributed by atoms with van der Waals surface area (Å²) in [5.74, 6) is -0.703. The van der Waals surface area contributed by atoms with Crippen molar-refractivity contribution in [1.82, 2.24) is 10.2 Å². The van der Waals surface area contributed by atoms with E-state index in [-0.39, 0.29) is 18.6 Å². The van der Waals surface area contributed by atoms with Gasteiger partial charge in [0, 0.05) is 25.1 Å². The molecule has 2 aliphatic rings. The Morgan fingerprint density at radius 3 is 2.91 bits per heavy atom. The lowest BCUT2D eigenvalue weighted by atomic mass is 10.0. The van der Waals surface area contributed by atoms with Crippen molar-refractivity contribution in [3.63, 3.8) is 0 Å². The van der Waals surface area contributed by atoms with Gasteiger partial charge in [0.05, 0.1) is 23.6 Å². The highest BCUT2D eigenvalue weighted by Crippen LogP contribution is 2.37. The number of para-hydroxylation sites is 1. The summed E-state index contributed by atoms with van der Waals surface area (Å²) in [6.07, 6.45) is 1.16. The highest BCUT2D eigenvalue weighted by molar-refractivity contribution is 6.32. The summed E-state index contributed by atoms with van der Waals surface area (Å²) in [5.41, 5.74) is 0.862. The van der Waals surface area contributed by atoms with E-state index in [9.17, 15) is 9.59 Å². The number of nitrogens with zero attached hydrogens (tertiary/aromatic N) is 1. The maximum atomic E-state index is 12.3. The van der Waals surface area contributed by atoms with Gasteiger partial charge in [0.25, 0.3) is 0 Å². The fourth-order valence-electron chi connectivity index (χ4n) is 2.92. The van der Waals surface area contributed by atoms with Crippen LogP contribution in [0.4, 0.5) is 4.79 Å². The van der Waals surface area contributed by atoms with Gasteiger partial charge in [0.2, 0.25) is 0 Å². The Kier molecular flexibility index (Phi) is 4.11. The zero-order valence-corrected chi connectivity index (χ0v) is 12.7. The van der Waals surface area contributed by atoms with Gasteiger partial charge in [-0.15, -0.1) is 0 Å². The lowest BCUT2D eigenvalue weighted by molar-refractivity contribution is -0.141. The molecule has 2 heterocycles. The molecule has 0 aliphatic carbocycles. The third kappa shape index (κ3) is 2.83. The molecule has 0 bridgehead atoms. The molecule has 3 rings (SSSR count). The van der Waals surface area contributed by atoms with Gasteiger partial charge in [0.1, 0.15) is 5.75 Å². The number of carboxylic acid groups (broad SMARTS) is 1. The normalized spacial score (nSPS) is 23.6. The first kappa shape index (κ1) is 15.0. The molecule has 0 aromatic heterocycles. The van der Waals surface area contributed by atoms with E-state index in [0.29, 0.717) is 36.8 Å². The summed E-state index contributed by atoms with van der Waals surface area (Å²) in [4.78, 5) is 24.8. The van der Waals surface area contributed by atoms with Crippen molar-refractivity contribution in [1.29, 1.82) is 0 Å². The molecule has 0 spiro atoms. The summed E-state index contributed by atoms with van der Waals surface area (Å²) in [5, 5.41) is 12.5. The minimum absolute atomic E-state index is 0.168. The monoisotopic (exact) mass is 324 g/mol. The van der Waals surface area contributed by atoms with Crippen LogP contribution in [-0.2, 0) is 4.79 Å². The Hall–Kier alpha value is -1.95. The molecule has 2 unspecified atom stereocenters. The second kappa shape index (κ2) is 6.04. The summed E-state index contributed by atoms with van der Waals surface area (Å²) in [6, 6.07) is 5.06. The zero-order valence-electron chi connectivity index (χ0n) is 11.9. The molecular formula is C15H17ClN2O4. The molecule has 2 aliphatic heterocycles. The Balaban J connectivity index is 1.69. The van der Waals surface area contributed by atoms with E-state index in [1.807, 2.05) is 12.1 Å². The maximum absolute atomic E-state index is 12.3. The Bertz CT molecular complexity index is 607. The molecule has 0 saturated carbocycles. The van der Waals surface area contributed by atoms with E-state index in [4.69, 9.17) is 21.4 Å². The number of nitrogens with one attached hydrogen (secondary N) is 1. The van der Waals surface area contributed by atoms with Crippen LogP contribution < -0.4 is 10.1 Å². The van der Waals surface area contributed by atoms with Crippen molar-refractivity contribution in [3.05, 3.63) is 28.8 Å². The Morgan fingerprint density at radius 1 is 1.36 bits per heavy atom. The van der Waals surface area contributed by atoms with Crippen molar-refractivity contribution in [2.75, 3.05) is 19.7 Å². The number of carbonyl (C=O) groups is 2. The van der Waals surface area contributed by atoms with E-state index < -0.39 is 11.9 Å². The van der Waals surface area contributed by atoms with Crippen molar-refractivity contribution in [2.24, 2.45) is 5.92 Å². The summed E-state index contributed by atoms with van der Waals surface area (Å²) < 4.78 is 5.57. The number of ether oxygens (including phenoxy) is 1. The number of fused-ring (bicyclic) bond motifs is 1. The second-order valence-electron chi connectivity index (χ2n) is 5.57. The number of hydrogen-bond donors (Lipinski definition) is 2. The van der Waals surface area contributed by atoms with E-state index in [1.165, 1.54) is 0 Å². The minimum Gasteiger partial charge on any atom is -0.492 e. The minimum atomic E-state index is -0.849. The molecule has 6 nitrogen and oxygen atoms in total. The number of rotatable bonds is 2. The van der Waals surface area contributed by atoms with E-state index in [2.05, 4.69) is 5.32 Å². The van der Waals surface area contributed by atoms with Crippen LogP contribution >= 0.6 is 11.6 Å². The first-order chi connectivity index (χ1) is 10.6. The van der Waals surface area contributed by atoms with Crippen LogP contribution in [0, 0.1) is 5.92 Å². The smallest absolute Gasteiger partial charge is 0.317 e. The van der Waals surface area contributed by atoms with Crippen LogP contribution in [0.1, 0.15) is 24.4 Å². The lowest BCUT2D eigenvalue weighted by Crippen LogP contribution is -2.42. The van der Waals surface area contributed by atoms with Gasteiger partial charge in [-0.05, 0) is 12.5 Å². The van der Waals surface area contributed by atoms with Crippen LogP contribution in [0.2, 0.25) is 5.02 Å². The first-order valence-electron chi connectivity index (χ1n) is 7.25. The standard InChI is InChI=1S/C15H17ClN2O4/c16-11-3-1-2-10-12(5-7-22-13(10)11)17-15(21)18-6-4-9(8-18)14(19)20/h1-3,9,12H,4-8H2,(H,17,21)(H,19,20). The third-order valence-electron chi connectivity index (χ3n) is 4.15. The number of carbonyl (C=O) groups excluding carboxylic acids is 1. The molecule has 2 amide bonds. The highest BCUT2D eigenvalue weighted by Gasteiger charge is 2.33. The summed E-state index contributed by atoms with van der Waals surface area (Å²) in [7, 11) is 0. The molecule has 0 radical (unpaired) electrons. The molecular weight excluding hydrogens is 308 g/mol. The van der Waals surface area contributed by atoms with Gasteiger partial charge in [-0.1, -0.05) is 23.7 Å². The van der Waals surface area contributed by atoms with Gasteiger partial charge in [-0.3, -0.25) is 4.79 Å². The van der Waals surface area contributed by atoms with Crippen molar-refractivity contribution >= 4 is 23.6 Å². The SMILES string of the molecule is O=C(O)C1CCN(C(=O)NC2CCOc3c(Cl)cccc32)C1. The average Bonchev–Trinajstić information content (AvgIpc) is 2.98. The number of benzene rings is 1. The van der Waals surface area contributed by atoms with Gasteiger partial charge in [-0.2, -0.15) is 0 Å². The molecule has 1 saturated heterocycles. The topological polar surface area (TPSA) is 78.9 Å². The number of likely N-dealkylation sites (tertiary alicyclic amines) is 1. The quantitative estimate of drug-likeness (QED) is 0.874. The molecule has 22 heavy (non-hydrogen) atoms. The number of urea groups is 1. The molecule has 7 heteroatoms. The van der Waals surface area contributed by atoms with Gasteiger partial charge in [-0.25, -0.2) is 4.79 Å². The summed E-state index contributed by atoms with van der Waals surface area (Å²) >= 11 is 6.11. The van der Waals surface area contributed by atoms with E-state index in [0.717, 1.165) is 5.56 Å². The second-order valence-corrected chi connectivity index (χ2v) is 5.97. The number of carboxylic acids is 1. The number of aliphatic carboxylic acids is 1. The van der Waals surface area contributed by atoms with Crippen molar-refractivity contribution in [3.8, 4) is 5.75 Å². The van der Waals surface area contributed by atoms with Gasteiger partial charge < -0.3 is 20.1 Å². The fraction of sp³-hybridized carbons (Fsp3) is 0.467. The molecule has 2 atom stereocenters. The molecule has 118 valence electrons. The van der Waals surface area contributed by atoms with Crippen LogP contribution in [-0.4, -0.2) is 41.7 Å². The molecule has 2 N–H and O–H groups in total. The predicted molar refractivity (Wildman–Crippen MR) is 80.2 cm³/mol. The van der Waals surface area contributed by atoms with Crippen molar-refractivity contribution < 1.29 is 19.4 Å². The molecule has 1 aromatic carbocycles. The number of hydrogen-bond acceptors (Lipinski definition) is 3. The molecule has 1 aromatic rings. The van der Waals surface area contributed by atoms with Crippen LogP contribution in [0.3, 0.4) is 0 Å². The maximum Gasteiger partial charge on any atom is 0.317 e. The van der Waals surface area contributed by atoms with Crippen LogP contribution in [0.15, 0.2) is 18.2 Å². The third-order valence-corrected chi connectivity index (χ3v) is 4.45. The summed E-state index contributed by atoms with van der Waals surface area (Å²) in [6.45, 7) is 1.21. The number of halogens is 1. The van der Waals surface area contributed by atoms with Crippen LogP contribution in [0.5, 0.6) is 5.75 Å². The van der Waals surface area contributed by atoms with Gasteiger partial charge >= 0.3 is 12.0 Å². The molecule has 1 fully saturated rings. The highest BCUT2D eigenvalue weighted by atomic mass is 35.5. The fourth-order valence-corrected chi connectivity index (χ4v) is 3.16. The van der Waals surface area contributed by atoms with Gasteiger partial charge in [0.15, 0.2) is 0 Å². The van der Waals surface area contributed by atoms with Crippen molar-refractivity contribution in [2.45, 2.75) is 18.9 Å². The first-order valence-corrected chi connectivity index (χ1v) is 7.63. The van der Waals surface area contributed by atoms with Crippen LogP contribution in [0.25, 0.3) is 0 Å². The lowest BCUT2D eigenvalue weighted by Gasteiger charge is -2.29. The number of amides is 2. The largest absolute Gasteiger partial charge is 0.492 e. The van der Waals surface area contributed by atoms with E-state index in [1.54, 1.807) is 11.0 Å². The predicted octanol–water partition coefficient (Wildman–Crippen LogP) is 2.28. The zero-order chi connectivity index (χ0) is 15.7. The Morgan fingerprint density at radius 2 is 2.18 bits per heavy atom. The average molecular weight is 325 g/mol.